The summed E-state index contributed by atoms with van der Waals surface area (Å²) >= 11 is 0. The van der Waals surface area contributed by atoms with Crippen LogP contribution in [-0.4, -0.2) is 24.6 Å². The summed E-state index contributed by atoms with van der Waals surface area (Å²) in [6.45, 7) is 1.90. The predicted octanol–water partition coefficient (Wildman–Crippen LogP) is 4.11. The van der Waals surface area contributed by atoms with E-state index in [2.05, 4.69) is 4.98 Å². The highest BCUT2D eigenvalue weighted by Crippen LogP contribution is 2.33. The zero-order chi connectivity index (χ0) is 20.6. The lowest BCUT2D eigenvalue weighted by atomic mass is 9.95. The molecule has 0 radical (unpaired) electrons. The third-order valence-electron chi connectivity index (χ3n) is 4.86. The summed E-state index contributed by atoms with van der Waals surface area (Å²) in [4.78, 5) is 20.2. The third kappa shape index (κ3) is 3.98. The lowest BCUT2D eigenvalue weighted by molar-refractivity contribution is 0.601. The monoisotopic (exact) mass is 404 g/mol. The maximum atomic E-state index is 12.4. The summed E-state index contributed by atoms with van der Waals surface area (Å²) in [7, 11) is -3.12. The number of sulfone groups is 1. The van der Waals surface area contributed by atoms with Crippen molar-refractivity contribution < 1.29 is 8.42 Å². The number of H-pyrrole nitrogens is 1. The Balaban J connectivity index is 1.96. The van der Waals surface area contributed by atoms with Gasteiger partial charge in [-0.25, -0.2) is 13.4 Å². The zero-order valence-electron chi connectivity index (χ0n) is 16.1. The average molecular weight is 404 g/mol. The molecule has 0 spiro atoms. The zero-order valence-corrected chi connectivity index (χ0v) is 17.0. The molecule has 0 aliphatic rings. The molecule has 5 nitrogen and oxygen atoms in total. The van der Waals surface area contributed by atoms with Crippen LogP contribution in [-0.2, 0) is 15.6 Å². The Morgan fingerprint density at radius 2 is 1.72 bits per heavy atom. The van der Waals surface area contributed by atoms with Gasteiger partial charge in [0.1, 0.15) is 5.65 Å². The van der Waals surface area contributed by atoms with Gasteiger partial charge in [0.05, 0.1) is 16.8 Å². The Kier molecular flexibility index (Phi) is 4.80. The fourth-order valence-electron chi connectivity index (χ4n) is 3.44. The molecule has 146 valence electrons. The molecule has 0 bridgehead atoms. The van der Waals surface area contributed by atoms with E-state index in [1.54, 1.807) is 6.20 Å². The minimum absolute atomic E-state index is 0.000292. The highest BCUT2D eigenvalue weighted by molar-refractivity contribution is 7.89. The van der Waals surface area contributed by atoms with Crippen molar-refractivity contribution in [3.63, 3.8) is 0 Å². The summed E-state index contributed by atoms with van der Waals surface area (Å²) in [5.74, 6) is 0.000292. The van der Waals surface area contributed by atoms with E-state index in [0.29, 0.717) is 11.0 Å². The normalized spacial score (nSPS) is 11.7. The molecule has 2 aromatic carbocycles. The van der Waals surface area contributed by atoms with Crippen LogP contribution in [0, 0.1) is 6.92 Å². The van der Waals surface area contributed by atoms with Gasteiger partial charge in [0.25, 0.3) is 0 Å². The van der Waals surface area contributed by atoms with Crippen molar-refractivity contribution in [1.29, 1.82) is 0 Å². The molecule has 4 rings (SSSR count). The number of nitrogens with zero attached hydrogens (tertiary/aromatic N) is 1. The molecule has 0 saturated heterocycles. The lowest BCUT2D eigenvalue weighted by Gasteiger charge is -2.13. The number of aromatic nitrogens is 2. The quantitative estimate of drug-likeness (QED) is 0.555. The summed E-state index contributed by atoms with van der Waals surface area (Å²) in [6, 6.07) is 18.8. The molecule has 0 unspecified atom stereocenters. The molecule has 0 aliphatic carbocycles. The molecule has 29 heavy (non-hydrogen) atoms. The highest BCUT2D eigenvalue weighted by atomic mass is 32.2. The van der Waals surface area contributed by atoms with E-state index in [0.717, 1.165) is 33.5 Å². The fourth-order valence-corrected chi connectivity index (χ4v) is 4.33. The average Bonchev–Trinajstić information content (AvgIpc) is 2.69. The van der Waals surface area contributed by atoms with Crippen LogP contribution >= 0.6 is 0 Å². The van der Waals surface area contributed by atoms with Gasteiger partial charge in [-0.2, -0.15) is 0 Å². The van der Waals surface area contributed by atoms with Gasteiger partial charge in [0.2, 0.25) is 0 Å². The van der Waals surface area contributed by atoms with E-state index in [9.17, 15) is 13.2 Å². The first-order chi connectivity index (χ1) is 13.8. The number of rotatable bonds is 4. The molecular weight excluding hydrogens is 384 g/mol. The smallest absolute Gasteiger partial charge is 0.191 e. The lowest BCUT2D eigenvalue weighted by Crippen LogP contribution is -2.04. The second-order valence-corrected chi connectivity index (χ2v) is 9.34. The van der Waals surface area contributed by atoms with E-state index in [1.807, 2.05) is 61.5 Å². The number of fused-ring (bicyclic) bond motifs is 1. The highest BCUT2D eigenvalue weighted by Gasteiger charge is 2.15. The van der Waals surface area contributed by atoms with Crippen molar-refractivity contribution >= 4 is 20.9 Å². The van der Waals surface area contributed by atoms with Gasteiger partial charge in [-0.1, -0.05) is 48.5 Å². The summed E-state index contributed by atoms with van der Waals surface area (Å²) in [5, 5.41) is 0.514. The topological polar surface area (TPSA) is 79.9 Å². The molecule has 0 fully saturated rings. The Morgan fingerprint density at radius 3 is 2.41 bits per heavy atom. The molecule has 0 aliphatic heterocycles. The van der Waals surface area contributed by atoms with Gasteiger partial charge in [0, 0.05) is 29.6 Å². The van der Waals surface area contributed by atoms with Gasteiger partial charge in [0.15, 0.2) is 15.3 Å². The van der Waals surface area contributed by atoms with Gasteiger partial charge in [-0.05, 0) is 29.7 Å². The van der Waals surface area contributed by atoms with E-state index in [1.165, 1.54) is 12.3 Å². The van der Waals surface area contributed by atoms with E-state index in [4.69, 9.17) is 4.98 Å². The minimum atomic E-state index is -3.12. The molecule has 0 saturated carbocycles. The maximum Gasteiger partial charge on any atom is 0.191 e. The van der Waals surface area contributed by atoms with Gasteiger partial charge < -0.3 is 4.98 Å². The molecule has 2 heterocycles. The molecule has 0 atom stereocenters. The van der Waals surface area contributed by atoms with Gasteiger partial charge in [-0.15, -0.1) is 0 Å². The largest absolute Gasteiger partial charge is 0.346 e. The predicted molar refractivity (Wildman–Crippen MR) is 117 cm³/mol. The summed E-state index contributed by atoms with van der Waals surface area (Å²) in [5.41, 5.74) is 5.49. The number of pyridine rings is 2. The Labute approximate surface area is 169 Å². The Hall–Kier alpha value is -3.25. The van der Waals surface area contributed by atoms with Crippen molar-refractivity contribution in [2.75, 3.05) is 6.26 Å². The second kappa shape index (κ2) is 7.29. The number of aryl methyl sites for hydroxylation is 1. The Morgan fingerprint density at radius 1 is 0.966 bits per heavy atom. The third-order valence-corrected chi connectivity index (χ3v) is 5.70. The number of benzene rings is 2. The molecule has 1 N–H and O–H groups in total. The van der Waals surface area contributed by atoms with Crippen LogP contribution in [0.2, 0.25) is 0 Å². The Bertz CT molecular complexity index is 1370. The van der Waals surface area contributed by atoms with Crippen molar-refractivity contribution in [2.24, 2.45) is 0 Å². The first-order valence-electron chi connectivity index (χ1n) is 9.17. The van der Waals surface area contributed by atoms with Crippen molar-refractivity contribution in [1.82, 2.24) is 9.97 Å². The van der Waals surface area contributed by atoms with Crippen molar-refractivity contribution in [3.8, 4) is 22.4 Å². The minimum Gasteiger partial charge on any atom is -0.346 e. The number of nitrogens with one attached hydrogen (secondary N) is 1. The van der Waals surface area contributed by atoms with Crippen LogP contribution in [0.5, 0.6) is 0 Å². The van der Waals surface area contributed by atoms with E-state index < -0.39 is 9.84 Å². The van der Waals surface area contributed by atoms with Gasteiger partial charge >= 0.3 is 0 Å². The van der Waals surface area contributed by atoms with Crippen LogP contribution in [0.25, 0.3) is 33.4 Å². The second-order valence-electron chi connectivity index (χ2n) is 7.20. The molecule has 4 aromatic rings. The number of hydrogen-bond acceptors (Lipinski definition) is 4. The number of hydrogen-bond donors (Lipinski definition) is 1. The van der Waals surface area contributed by atoms with Crippen LogP contribution in [0.4, 0.5) is 0 Å². The first-order valence-corrected chi connectivity index (χ1v) is 11.2. The van der Waals surface area contributed by atoms with Crippen LogP contribution in [0.15, 0.2) is 71.7 Å². The van der Waals surface area contributed by atoms with Gasteiger partial charge in [-0.3, -0.25) is 4.79 Å². The van der Waals surface area contributed by atoms with Crippen molar-refractivity contribution in [2.45, 2.75) is 12.7 Å². The molecule has 0 amide bonds. The van der Waals surface area contributed by atoms with E-state index in [-0.39, 0.29) is 11.2 Å². The van der Waals surface area contributed by atoms with E-state index >= 15 is 0 Å². The molecular formula is C23H20N2O3S. The van der Waals surface area contributed by atoms with Crippen LogP contribution in [0.3, 0.4) is 0 Å². The SMILES string of the molecule is Cc1cc(-c2cc3c(=O)cc[nH]c3nc2-c2ccccc2)ccc1CS(C)(=O)=O. The standard InChI is InChI=1S/C23H20N2O3S/c1-15-12-17(8-9-18(15)14-29(2,27)28)19-13-20-21(26)10-11-24-23(20)25-22(19)16-6-4-3-5-7-16/h3-13H,14H2,1-2H3,(H,24,25,26). The fraction of sp³-hybridized carbons (Fsp3) is 0.130. The van der Waals surface area contributed by atoms with Crippen LogP contribution < -0.4 is 5.43 Å². The van der Waals surface area contributed by atoms with Crippen molar-refractivity contribution in [3.05, 3.63) is 88.2 Å². The van der Waals surface area contributed by atoms with Crippen LogP contribution in [0.1, 0.15) is 11.1 Å². The summed E-state index contributed by atoms with van der Waals surface area (Å²) < 4.78 is 23.4. The molecule has 2 aromatic heterocycles. The summed E-state index contributed by atoms with van der Waals surface area (Å²) in [6.07, 6.45) is 2.82. The first kappa shape index (κ1) is 19.1. The maximum absolute atomic E-state index is 12.4. The molecule has 6 heteroatoms. The number of aromatic amines is 1.